The van der Waals surface area contributed by atoms with Crippen LogP contribution in [0.25, 0.3) is 22.2 Å². The quantitative estimate of drug-likeness (QED) is 0.740. The lowest BCUT2D eigenvalue weighted by Crippen LogP contribution is -1.92. The van der Waals surface area contributed by atoms with Crippen LogP contribution < -0.4 is 5.73 Å². The third-order valence-electron chi connectivity index (χ3n) is 3.50. The van der Waals surface area contributed by atoms with Gasteiger partial charge in [-0.05, 0) is 41.1 Å². The fraction of sp³-hybridized carbons (Fsp3) is 0.133. The van der Waals surface area contributed by atoms with E-state index in [-0.39, 0.29) is 0 Å². The van der Waals surface area contributed by atoms with Crippen molar-refractivity contribution in [2.45, 2.75) is 6.92 Å². The van der Waals surface area contributed by atoms with Gasteiger partial charge < -0.3 is 10.3 Å². The molecular formula is C15H14BrN3. The predicted octanol–water partition coefficient (Wildman–Crippen LogP) is 3.89. The maximum atomic E-state index is 5.71. The predicted molar refractivity (Wildman–Crippen MR) is 83.0 cm³/mol. The third kappa shape index (κ3) is 1.83. The van der Waals surface area contributed by atoms with E-state index in [0.717, 1.165) is 10.2 Å². The molecule has 0 radical (unpaired) electrons. The number of nitrogens with two attached hydrogens (primary N) is 1. The second kappa shape index (κ2) is 4.38. The summed E-state index contributed by atoms with van der Waals surface area (Å²) in [4.78, 5) is 4.45. The number of pyridine rings is 1. The van der Waals surface area contributed by atoms with Crippen molar-refractivity contribution in [1.29, 1.82) is 0 Å². The number of aromatic nitrogens is 2. The second-order valence-electron chi connectivity index (χ2n) is 4.63. The molecule has 2 aromatic heterocycles. The number of aryl methyl sites for hydroxylation is 1. The van der Waals surface area contributed by atoms with Gasteiger partial charge in [-0.15, -0.1) is 0 Å². The highest BCUT2D eigenvalue weighted by atomic mass is 79.9. The van der Waals surface area contributed by atoms with Crippen LogP contribution in [0.5, 0.6) is 0 Å². The lowest BCUT2D eigenvalue weighted by Gasteiger charge is -2.02. The first-order chi connectivity index (χ1) is 9.09. The Morgan fingerprint density at radius 1 is 1.21 bits per heavy atom. The van der Waals surface area contributed by atoms with E-state index in [1.165, 1.54) is 22.2 Å². The number of fused-ring (bicyclic) bond motifs is 1. The van der Waals surface area contributed by atoms with Crippen LogP contribution in [0.1, 0.15) is 5.69 Å². The van der Waals surface area contributed by atoms with Gasteiger partial charge in [-0.25, -0.2) is 0 Å². The summed E-state index contributed by atoms with van der Waals surface area (Å²) in [5.41, 5.74) is 10.9. The average molecular weight is 316 g/mol. The van der Waals surface area contributed by atoms with E-state index in [1.54, 1.807) is 6.20 Å². The largest absolute Gasteiger partial charge is 0.397 e. The monoisotopic (exact) mass is 315 g/mol. The maximum absolute atomic E-state index is 5.71. The van der Waals surface area contributed by atoms with Gasteiger partial charge in [0.05, 0.1) is 23.1 Å². The molecule has 2 N–H and O–H groups in total. The molecule has 0 amide bonds. The highest BCUT2D eigenvalue weighted by molar-refractivity contribution is 9.10. The summed E-state index contributed by atoms with van der Waals surface area (Å²) < 4.78 is 3.28. The molecule has 0 unspecified atom stereocenters. The van der Waals surface area contributed by atoms with Gasteiger partial charge >= 0.3 is 0 Å². The summed E-state index contributed by atoms with van der Waals surface area (Å²) in [6.07, 6.45) is 1.70. The molecule has 96 valence electrons. The minimum Gasteiger partial charge on any atom is -0.397 e. The van der Waals surface area contributed by atoms with Crippen LogP contribution in [0, 0.1) is 6.92 Å². The zero-order chi connectivity index (χ0) is 13.6. The van der Waals surface area contributed by atoms with Crippen molar-refractivity contribution in [1.82, 2.24) is 9.55 Å². The summed E-state index contributed by atoms with van der Waals surface area (Å²) in [5, 5.41) is 1.20. The minimum atomic E-state index is 0.683. The van der Waals surface area contributed by atoms with Crippen molar-refractivity contribution in [3.05, 3.63) is 46.7 Å². The van der Waals surface area contributed by atoms with Crippen LogP contribution in [0.2, 0.25) is 0 Å². The highest BCUT2D eigenvalue weighted by Crippen LogP contribution is 2.36. The summed E-state index contributed by atoms with van der Waals surface area (Å²) in [6, 6.07) is 10.1. The number of rotatable bonds is 1. The number of nitrogens with zero attached hydrogens (tertiary/aromatic N) is 2. The average Bonchev–Trinajstić information content (AvgIpc) is 2.65. The Labute approximate surface area is 120 Å². The van der Waals surface area contributed by atoms with E-state index < -0.39 is 0 Å². The molecule has 0 aliphatic rings. The molecule has 0 bridgehead atoms. The highest BCUT2D eigenvalue weighted by Gasteiger charge is 2.15. The van der Waals surface area contributed by atoms with E-state index in [4.69, 9.17) is 5.73 Å². The number of anilines is 1. The van der Waals surface area contributed by atoms with E-state index in [0.29, 0.717) is 5.69 Å². The van der Waals surface area contributed by atoms with E-state index in [1.807, 2.05) is 18.2 Å². The smallest absolute Gasteiger partial charge is 0.0727 e. The zero-order valence-corrected chi connectivity index (χ0v) is 12.4. The van der Waals surface area contributed by atoms with Crippen LogP contribution >= 0.6 is 15.9 Å². The van der Waals surface area contributed by atoms with Gasteiger partial charge in [0.2, 0.25) is 0 Å². The van der Waals surface area contributed by atoms with Crippen molar-refractivity contribution in [2.75, 3.05) is 5.73 Å². The maximum Gasteiger partial charge on any atom is 0.0727 e. The Hall–Kier alpha value is -1.81. The Morgan fingerprint density at radius 3 is 2.68 bits per heavy atom. The van der Waals surface area contributed by atoms with Crippen LogP contribution in [-0.2, 0) is 7.05 Å². The number of nitrogen functional groups attached to an aromatic ring is 1. The second-order valence-corrected chi connectivity index (χ2v) is 5.49. The number of hydrogen-bond acceptors (Lipinski definition) is 2. The van der Waals surface area contributed by atoms with Crippen molar-refractivity contribution in [2.24, 2.45) is 7.05 Å². The van der Waals surface area contributed by atoms with Gasteiger partial charge in [-0.1, -0.05) is 12.1 Å². The van der Waals surface area contributed by atoms with Gasteiger partial charge in [0, 0.05) is 28.2 Å². The van der Waals surface area contributed by atoms with Crippen molar-refractivity contribution >= 4 is 32.5 Å². The molecule has 19 heavy (non-hydrogen) atoms. The van der Waals surface area contributed by atoms with Crippen LogP contribution in [-0.4, -0.2) is 9.55 Å². The minimum absolute atomic E-state index is 0.683. The Morgan fingerprint density at radius 2 is 2.00 bits per heavy atom. The summed E-state index contributed by atoms with van der Waals surface area (Å²) in [6.45, 7) is 2.11. The van der Waals surface area contributed by atoms with Gasteiger partial charge in [-0.2, -0.15) is 0 Å². The van der Waals surface area contributed by atoms with Crippen LogP contribution in [0.4, 0.5) is 5.69 Å². The van der Waals surface area contributed by atoms with E-state index >= 15 is 0 Å². The molecule has 3 nitrogen and oxygen atoms in total. The van der Waals surface area contributed by atoms with Gasteiger partial charge in [0.1, 0.15) is 0 Å². The van der Waals surface area contributed by atoms with Gasteiger partial charge in [-0.3, -0.25) is 4.98 Å². The zero-order valence-electron chi connectivity index (χ0n) is 10.8. The molecule has 4 heteroatoms. The molecule has 0 saturated carbocycles. The Balaban J connectivity index is 2.38. The van der Waals surface area contributed by atoms with Crippen molar-refractivity contribution < 1.29 is 0 Å². The lowest BCUT2D eigenvalue weighted by molar-refractivity contribution is 0.917. The number of halogens is 1. The fourth-order valence-electron chi connectivity index (χ4n) is 2.46. The molecule has 0 aliphatic carbocycles. The first kappa shape index (κ1) is 12.2. The first-order valence-corrected chi connectivity index (χ1v) is 6.84. The topological polar surface area (TPSA) is 43.8 Å². The molecular weight excluding hydrogens is 302 g/mol. The number of benzene rings is 1. The molecule has 0 fully saturated rings. The van der Waals surface area contributed by atoms with Crippen molar-refractivity contribution in [3.8, 4) is 11.3 Å². The lowest BCUT2D eigenvalue weighted by atomic mass is 10.1. The summed E-state index contributed by atoms with van der Waals surface area (Å²) in [7, 11) is 2.07. The van der Waals surface area contributed by atoms with Gasteiger partial charge in [0.25, 0.3) is 0 Å². The normalized spacial score (nSPS) is 11.1. The summed E-state index contributed by atoms with van der Waals surface area (Å²) in [5.74, 6) is 0. The Kier molecular flexibility index (Phi) is 2.82. The molecule has 3 rings (SSSR count). The summed E-state index contributed by atoms with van der Waals surface area (Å²) >= 11 is 3.62. The number of hydrogen-bond donors (Lipinski definition) is 1. The third-order valence-corrected chi connectivity index (χ3v) is 4.14. The van der Waals surface area contributed by atoms with E-state index in [9.17, 15) is 0 Å². The van der Waals surface area contributed by atoms with Crippen molar-refractivity contribution in [3.63, 3.8) is 0 Å². The molecule has 0 saturated heterocycles. The first-order valence-electron chi connectivity index (χ1n) is 6.05. The van der Waals surface area contributed by atoms with Gasteiger partial charge in [0.15, 0.2) is 0 Å². The Bertz CT molecular complexity index is 757. The molecule has 0 atom stereocenters. The molecule has 0 spiro atoms. The molecule has 1 aromatic carbocycles. The fourth-order valence-corrected chi connectivity index (χ4v) is 3.10. The van der Waals surface area contributed by atoms with Crippen LogP contribution in [0.3, 0.4) is 0 Å². The standard InChI is InChI=1S/C15H14BrN3/c1-9-14(13-7-6-10(17)8-18-13)11-4-3-5-12(16)15(11)19(9)2/h3-8H,17H2,1-2H3. The van der Waals surface area contributed by atoms with E-state index in [2.05, 4.69) is 51.6 Å². The molecule has 3 aromatic rings. The number of para-hydroxylation sites is 1. The molecule has 0 aliphatic heterocycles. The van der Waals surface area contributed by atoms with Crippen LogP contribution in [0.15, 0.2) is 41.0 Å². The SMILES string of the molecule is Cc1c(-c2ccc(N)cn2)c2cccc(Br)c2n1C. The molecule has 2 heterocycles.